The van der Waals surface area contributed by atoms with E-state index in [1.165, 1.54) is 4.90 Å². The van der Waals surface area contributed by atoms with E-state index in [-0.39, 0.29) is 11.8 Å². The molecule has 3 aromatic carbocycles. The maximum Gasteiger partial charge on any atom is 0.265 e. The molecule has 31 heavy (non-hydrogen) atoms. The Balaban J connectivity index is 1.88. The number of anilines is 1. The molecular formula is C26H23NO4. The van der Waals surface area contributed by atoms with E-state index in [4.69, 9.17) is 9.47 Å². The Bertz CT molecular complexity index is 1200. The number of nitrogens with zero attached hydrogens (tertiary/aromatic N) is 1. The second-order valence-electron chi connectivity index (χ2n) is 7.18. The monoisotopic (exact) mass is 413 g/mol. The van der Waals surface area contributed by atoms with E-state index in [0.29, 0.717) is 40.5 Å². The van der Waals surface area contributed by atoms with Gasteiger partial charge in [-0.2, -0.15) is 0 Å². The zero-order valence-corrected chi connectivity index (χ0v) is 17.7. The maximum absolute atomic E-state index is 13.6. The second kappa shape index (κ2) is 8.48. The molecule has 4 rings (SSSR count). The fourth-order valence-corrected chi connectivity index (χ4v) is 3.74. The average molecular weight is 413 g/mol. The van der Waals surface area contributed by atoms with Crippen molar-refractivity contribution in [1.82, 2.24) is 0 Å². The molecule has 0 bridgehead atoms. The molecule has 0 atom stereocenters. The molecule has 1 heterocycles. The first-order valence-electron chi connectivity index (χ1n) is 10.1. The van der Waals surface area contributed by atoms with Crippen LogP contribution in [0.15, 0.2) is 66.7 Å². The lowest BCUT2D eigenvalue weighted by molar-refractivity contribution is -0.112. The number of carbonyl (C=O) groups excluding carboxylic acids is 2. The maximum atomic E-state index is 13.6. The van der Waals surface area contributed by atoms with Crippen molar-refractivity contribution in [2.24, 2.45) is 0 Å². The lowest BCUT2D eigenvalue weighted by Crippen LogP contribution is -2.42. The minimum Gasteiger partial charge on any atom is -0.493 e. The molecule has 0 unspecified atom stereocenters. The summed E-state index contributed by atoms with van der Waals surface area (Å²) in [5, 5.41) is 0. The molecule has 0 saturated heterocycles. The van der Waals surface area contributed by atoms with Gasteiger partial charge < -0.3 is 9.47 Å². The van der Waals surface area contributed by atoms with Crippen LogP contribution >= 0.6 is 0 Å². The zero-order chi connectivity index (χ0) is 22.0. The lowest BCUT2D eigenvalue weighted by atomic mass is 9.91. The van der Waals surface area contributed by atoms with E-state index in [1.807, 2.05) is 50.2 Å². The molecule has 0 radical (unpaired) electrons. The van der Waals surface area contributed by atoms with Gasteiger partial charge in [0, 0.05) is 11.1 Å². The Morgan fingerprint density at radius 1 is 0.871 bits per heavy atom. The van der Waals surface area contributed by atoms with Crippen LogP contribution in [0.2, 0.25) is 0 Å². The highest BCUT2D eigenvalue weighted by Gasteiger charge is 2.36. The highest BCUT2D eigenvalue weighted by atomic mass is 16.5. The van der Waals surface area contributed by atoms with Gasteiger partial charge in [0.05, 0.1) is 19.4 Å². The first-order chi connectivity index (χ1) is 15.0. The SMILES string of the molecule is CCOc1cc(/C=C2/C(=O)N(c3ccccc3C)C(=O)c3ccccc32)ccc1OC. The van der Waals surface area contributed by atoms with Crippen LogP contribution in [0.4, 0.5) is 5.69 Å². The number of methoxy groups -OCH3 is 1. The van der Waals surface area contributed by atoms with Gasteiger partial charge in [-0.25, -0.2) is 4.90 Å². The van der Waals surface area contributed by atoms with Crippen LogP contribution in [0.3, 0.4) is 0 Å². The molecule has 3 aromatic rings. The summed E-state index contributed by atoms with van der Waals surface area (Å²) in [7, 11) is 1.59. The van der Waals surface area contributed by atoms with Crippen LogP contribution in [0.1, 0.15) is 34.0 Å². The first kappa shape index (κ1) is 20.4. The normalized spacial score (nSPS) is 14.5. The molecule has 1 aliphatic heterocycles. The second-order valence-corrected chi connectivity index (χ2v) is 7.18. The Hall–Kier alpha value is -3.86. The van der Waals surface area contributed by atoms with Gasteiger partial charge in [-0.15, -0.1) is 0 Å². The molecule has 0 aliphatic carbocycles. The van der Waals surface area contributed by atoms with Crippen LogP contribution in [0.25, 0.3) is 11.6 Å². The number of hydrogen-bond acceptors (Lipinski definition) is 4. The molecule has 5 heteroatoms. The predicted molar refractivity (Wildman–Crippen MR) is 121 cm³/mol. The fourth-order valence-electron chi connectivity index (χ4n) is 3.74. The summed E-state index contributed by atoms with van der Waals surface area (Å²) in [5.41, 5.74) is 3.78. The summed E-state index contributed by atoms with van der Waals surface area (Å²) in [4.78, 5) is 28.1. The summed E-state index contributed by atoms with van der Waals surface area (Å²) >= 11 is 0. The largest absolute Gasteiger partial charge is 0.493 e. The smallest absolute Gasteiger partial charge is 0.265 e. The van der Waals surface area contributed by atoms with Crippen molar-refractivity contribution >= 4 is 29.2 Å². The molecule has 0 fully saturated rings. The van der Waals surface area contributed by atoms with Gasteiger partial charge in [0.1, 0.15) is 0 Å². The van der Waals surface area contributed by atoms with Crippen molar-refractivity contribution in [2.75, 3.05) is 18.6 Å². The number of ether oxygens (including phenoxy) is 2. The van der Waals surface area contributed by atoms with E-state index >= 15 is 0 Å². The van der Waals surface area contributed by atoms with Gasteiger partial charge in [-0.1, -0.05) is 42.5 Å². The standard InChI is InChI=1S/C26H23NO4/c1-4-31-24-16-18(13-14-23(24)30-3)15-21-19-10-6-7-11-20(19)25(28)27(26(21)29)22-12-8-5-9-17(22)2/h5-16H,4H2,1-3H3/b21-15+. The third kappa shape index (κ3) is 3.70. The number of fused-ring (bicyclic) bond motifs is 1. The number of imide groups is 1. The molecule has 156 valence electrons. The number of benzene rings is 3. The number of carbonyl (C=O) groups is 2. The van der Waals surface area contributed by atoms with Crippen LogP contribution in [-0.4, -0.2) is 25.5 Å². The van der Waals surface area contributed by atoms with Gasteiger partial charge in [-0.05, 0) is 60.9 Å². The molecule has 1 aliphatic rings. The van der Waals surface area contributed by atoms with E-state index in [9.17, 15) is 9.59 Å². The first-order valence-corrected chi connectivity index (χ1v) is 10.1. The summed E-state index contributed by atoms with van der Waals surface area (Å²) < 4.78 is 11.0. The topological polar surface area (TPSA) is 55.8 Å². The highest BCUT2D eigenvalue weighted by molar-refractivity contribution is 6.43. The van der Waals surface area contributed by atoms with Gasteiger partial charge in [0.25, 0.3) is 11.8 Å². The van der Waals surface area contributed by atoms with Crippen LogP contribution in [0, 0.1) is 6.92 Å². The molecule has 0 aromatic heterocycles. The molecule has 2 amide bonds. The van der Waals surface area contributed by atoms with Crippen molar-refractivity contribution in [1.29, 1.82) is 0 Å². The van der Waals surface area contributed by atoms with E-state index in [2.05, 4.69) is 0 Å². The highest BCUT2D eigenvalue weighted by Crippen LogP contribution is 2.36. The van der Waals surface area contributed by atoms with Gasteiger partial charge in [0.15, 0.2) is 11.5 Å². The van der Waals surface area contributed by atoms with Crippen molar-refractivity contribution in [3.8, 4) is 11.5 Å². The van der Waals surface area contributed by atoms with Crippen molar-refractivity contribution in [3.63, 3.8) is 0 Å². The van der Waals surface area contributed by atoms with Gasteiger partial charge in [-0.3, -0.25) is 9.59 Å². The summed E-state index contributed by atoms with van der Waals surface area (Å²) in [6.45, 7) is 4.28. The quantitative estimate of drug-likeness (QED) is 0.430. The van der Waals surface area contributed by atoms with Crippen LogP contribution < -0.4 is 14.4 Å². The fraction of sp³-hybridized carbons (Fsp3) is 0.154. The van der Waals surface area contributed by atoms with Crippen molar-refractivity contribution in [2.45, 2.75) is 13.8 Å². The van der Waals surface area contributed by atoms with E-state index in [0.717, 1.165) is 11.1 Å². The molecule has 0 spiro atoms. The Morgan fingerprint density at radius 3 is 2.29 bits per heavy atom. The van der Waals surface area contributed by atoms with Crippen LogP contribution in [0.5, 0.6) is 11.5 Å². The average Bonchev–Trinajstić information content (AvgIpc) is 2.78. The summed E-state index contributed by atoms with van der Waals surface area (Å²) in [5.74, 6) is 0.544. The molecule has 0 N–H and O–H groups in total. The number of amides is 2. The Labute approximate surface area is 181 Å². The number of para-hydroxylation sites is 1. The minimum atomic E-state index is -0.355. The number of hydrogen-bond donors (Lipinski definition) is 0. The third-order valence-corrected chi connectivity index (χ3v) is 5.24. The lowest BCUT2D eigenvalue weighted by Gasteiger charge is -2.29. The third-order valence-electron chi connectivity index (χ3n) is 5.24. The van der Waals surface area contributed by atoms with Crippen molar-refractivity contribution in [3.05, 3.63) is 89.0 Å². The van der Waals surface area contributed by atoms with Gasteiger partial charge >= 0.3 is 0 Å². The molecular weight excluding hydrogens is 390 g/mol. The van der Waals surface area contributed by atoms with Crippen molar-refractivity contribution < 1.29 is 19.1 Å². The van der Waals surface area contributed by atoms with E-state index in [1.54, 1.807) is 43.5 Å². The Morgan fingerprint density at radius 2 is 1.58 bits per heavy atom. The van der Waals surface area contributed by atoms with Gasteiger partial charge in [0.2, 0.25) is 0 Å². The number of aryl methyl sites for hydroxylation is 1. The Kier molecular flexibility index (Phi) is 5.58. The van der Waals surface area contributed by atoms with Crippen LogP contribution in [-0.2, 0) is 4.79 Å². The number of rotatable bonds is 5. The summed E-state index contributed by atoms with van der Waals surface area (Å²) in [6, 6.07) is 20.1. The molecule has 0 saturated carbocycles. The predicted octanol–water partition coefficient (Wildman–Crippen LogP) is 5.13. The van der Waals surface area contributed by atoms with E-state index < -0.39 is 0 Å². The zero-order valence-electron chi connectivity index (χ0n) is 17.7. The summed E-state index contributed by atoms with van der Waals surface area (Å²) in [6.07, 6.45) is 1.79. The molecule has 5 nitrogen and oxygen atoms in total. The minimum absolute atomic E-state index is 0.322.